The van der Waals surface area contributed by atoms with Crippen LogP contribution in [-0.4, -0.2) is 48.3 Å². The van der Waals surface area contributed by atoms with Crippen LogP contribution in [0.4, 0.5) is 0 Å². The molecule has 12 heavy (non-hydrogen) atoms. The van der Waals surface area contributed by atoms with Gasteiger partial charge in [0.1, 0.15) is 6.10 Å². The Morgan fingerprint density at radius 1 is 1.25 bits per heavy atom. The molecule has 0 aromatic carbocycles. The Kier molecular flexibility index (Phi) is 8.33. The summed E-state index contributed by atoms with van der Waals surface area (Å²) in [4.78, 5) is 21.6. The van der Waals surface area contributed by atoms with Gasteiger partial charge in [-0.25, -0.2) is 4.57 Å². The second kappa shape index (κ2) is 6.76. The molecule has 6 N–H and O–H groups in total. The number of aliphatic hydroxyl groups is 3. The molecule has 0 radical (unpaired) electrons. The molecule has 0 saturated heterocycles. The zero-order valence-electron chi connectivity index (χ0n) is 5.78. The van der Waals surface area contributed by atoms with Crippen LogP contribution in [0, 0.1) is 0 Å². The van der Waals surface area contributed by atoms with Gasteiger partial charge in [0.2, 0.25) is 0 Å². The van der Waals surface area contributed by atoms with Gasteiger partial charge in [-0.2, -0.15) is 0 Å². The van der Waals surface area contributed by atoms with Gasteiger partial charge in [-0.15, -0.1) is 0 Å². The van der Waals surface area contributed by atoms with E-state index in [0.717, 1.165) is 0 Å². The highest BCUT2D eigenvalue weighted by Gasteiger charge is 2.09. The highest BCUT2D eigenvalue weighted by molar-refractivity contribution is 7.45. The zero-order chi connectivity index (χ0) is 10.4. The number of alkyl halides is 1. The SMILES string of the molecule is O=P(O)(O)O.OCC(O)C(O)Cl. The van der Waals surface area contributed by atoms with Crippen molar-refractivity contribution in [3.8, 4) is 0 Å². The molecule has 0 heterocycles. The predicted molar refractivity (Wildman–Crippen MR) is 39.2 cm³/mol. The van der Waals surface area contributed by atoms with Crippen molar-refractivity contribution in [3.63, 3.8) is 0 Å². The maximum absolute atomic E-state index is 8.88. The molecule has 0 aliphatic heterocycles. The molecule has 0 fully saturated rings. The van der Waals surface area contributed by atoms with E-state index in [1.165, 1.54) is 0 Å². The lowest BCUT2D eigenvalue weighted by molar-refractivity contribution is 0.0250. The first-order chi connectivity index (χ1) is 5.18. The van der Waals surface area contributed by atoms with Crippen molar-refractivity contribution in [1.82, 2.24) is 0 Å². The molecule has 0 aromatic rings. The van der Waals surface area contributed by atoms with E-state index in [9.17, 15) is 0 Å². The zero-order valence-corrected chi connectivity index (χ0v) is 7.43. The van der Waals surface area contributed by atoms with E-state index in [1.54, 1.807) is 0 Å². The fraction of sp³-hybridized carbons (Fsp3) is 1.00. The van der Waals surface area contributed by atoms with Crippen molar-refractivity contribution >= 4 is 19.4 Å². The van der Waals surface area contributed by atoms with Gasteiger partial charge in [-0.3, -0.25) is 0 Å². The van der Waals surface area contributed by atoms with Crippen LogP contribution in [0.2, 0.25) is 0 Å². The van der Waals surface area contributed by atoms with Crippen molar-refractivity contribution in [2.75, 3.05) is 6.61 Å². The highest BCUT2D eigenvalue weighted by Crippen LogP contribution is 2.25. The second-order valence-electron chi connectivity index (χ2n) is 1.64. The van der Waals surface area contributed by atoms with E-state index < -0.39 is 26.1 Å². The summed E-state index contributed by atoms with van der Waals surface area (Å²) in [6.07, 6.45) is -1.22. The number of hydrogen-bond acceptors (Lipinski definition) is 4. The van der Waals surface area contributed by atoms with Crippen LogP contribution in [0.5, 0.6) is 0 Å². The number of aliphatic hydroxyl groups excluding tert-OH is 3. The molecular weight excluding hydrogens is 214 g/mol. The van der Waals surface area contributed by atoms with Gasteiger partial charge in [0.15, 0.2) is 5.56 Å². The van der Waals surface area contributed by atoms with Gasteiger partial charge >= 0.3 is 7.82 Å². The first kappa shape index (κ1) is 14.8. The van der Waals surface area contributed by atoms with Crippen molar-refractivity contribution in [2.24, 2.45) is 0 Å². The maximum atomic E-state index is 8.88. The van der Waals surface area contributed by atoms with E-state index in [-0.39, 0.29) is 0 Å². The molecule has 0 rings (SSSR count). The molecular formula is C3H10ClO7P. The largest absolute Gasteiger partial charge is 0.466 e. The van der Waals surface area contributed by atoms with Gasteiger partial charge in [0, 0.05) is 0 Å². The summed E-state index contributed by atoms with van der Waals surface area (Å²) in [5, 5.41) is 24.5. The topological polar surface area (TPSA) is 138 Å². The quantitative estimate of drug-likeness (QED) is 0.235. The molecule has 0 aromatic heterocycles. The minimum Gasteiger partial charge on any atom is -0.394 e. The molecule has 0 spiro atoms. The lowest BCUT2D eigenvalue weighted by Gasteiger charge is -2.05. The van der Waals surface area contributed by atoms with Crippen LogP contribution < -0.4 is 0 Å². The average molecular weight is 225 g/mol. The van der Waals surface area contributed by atoms with Crippen LogP contribution in [0.15, 0.2) is 0 Å². The molecule has 9 heteroatoms. The minimum atomic E-state index is -4.64. The Morgan fingerprint density at radius 3 is 1.50 bits per heavy atom. The third-order valence-corrected chi connectivity index (χ3v) is 0.795. The summed E-state index contributed by atoms with van der Waals surface area (Å²) in [5.41, 5.74) is -1.36. The molecule has 2 atom stereocenters. The van der Waals surface area contributed by atoms with E-state index in [4.69, 9.17) is 46.2 Å². The highest BCUT2D eigenvalue weighted by atomic mass is 35.5. The van der Waals surface area contributed by atoms with E-state index in [1.807, 2.05) is 0 Å². The van der Waals surface area contributed by atoms with Crippen molar-refractivity contribution in [2.45, 2.75) is 11.7 Å². The molecule has 0 aliphatic rings. The van der Waals surface area contributed by atoms with E-state index in [2.05, 4.69) is 0 Å². The molecule has 0 aliphatic carbocycles. The third-order valence-electron chi connectivity index (χ3n) is 0.505. The lowest BCUT2D eigenvalue weighted by Crippen LogP contribution is -2.23. The minimum absolute atomic E-state index is 0.509. The average Bonchev–Trinajstić information content (AvgIpc) is 1.82. The van der Waals surface area contributed by atoms with E-state index in [0.29, 0.717) is 0 Å². The van der Waals surface area contributed by atoms with Crippen LogP contribution >= 0.6 is 19.4 Å². The molecule has 0 bridgehead atoms. The number of hydrogen-bond donors (Lipinski definition) is 6. The Labute approximate surface area is 73.1 Å². The first-order valence-corrected chi connectivity index (χ1v) is 4.58. The summed E-state index contributed by atoms with van der Waals surface area (Å²) in [6.45, 7) is -0.509. The molecule has 76 valence electrons. The van der Waals surface area contributed by atoms with Crippen molar-refractivity contribution < 1.29 is 34.6 Å². The smallest absolute Gasteiger partial charge is 0.394 e. The van der Waals surface area contributed by atoms with Gasteiger partial charge in [-0.05, 0) is 0 Å². The van der Waals surface area contributed by atoms with Crippen molar-refractivity contribution in [1.29, 1.82) is 0 Å². The van der Waals surface area contributed by atoms with Crippen LogP contribution in [-0.2, 0) is 4.57 Å². The second-order valence-corrected chi connectivity index (χ2v) is 3.11. The number of phosphoric acid groups is 1. The standard InChI is InChI=1S/C3H7ClO3.H3O4P/c4-3(7)2(6)1-5;1-5(2,3)4/h2-3,5-7H,1H2;(H3,1,2,3,4). The number of halogens is 1. The van der Waals surface area contributed by atoms with Gasteiger partial charge < -0.3 is 30.0 Å². The Balaban J connectivity index is 0. The summed E-state index contributed by atoms with van der Waals surface area (Å²) in [5.74, 6) is 0. The fourth-order valence-corrected chi connectivity index (χ4v) is 0.167. The Bertz CT molecular complexity index is 135. The molecule has 0 saturated carbocycles. The van der Waals surface area contributed by atoms with Gasteiger partial charge in [-0.1, -0.05) is 11.6 Å². The van der Waals surface area contributed by atoms with Crippen LogP contribution in [0.1, 0.15) is 0 Å². The summed E-state index contributed by atoms with van der Waals surface area (Å²) < 4.78 is 8.88. The summed E-state index contributed by atoms with van der Waals surface area (Å²) >= 11 is 4.87. The Morgan fingerprint density at radius 2 is 1.50 bits per heavy atom. The van der Waals surface area contributed by atoms with E-state index >= 15 is 0 Å². The molecule has 7 nitrogen and oxygen atoms in total. The summed E-state index contributed by atoms with van der Waals surface area (Å²) in [7, 11) is -4.64. The lowest BCUT2D eigenvalue weighted by atomic mass is 10.4. The van der Waals surface area contributed by atoms with Crippen LogP contribution in [0.25, 0.3) is 0 Å². The predicted octanol–water partition coefficient (Wildman–Crippen LogP) is -2.03. The number of rotatable bonds is 2. The normalized spacial score (nSPS) is 15.9. The summed E-state index contributed by atoms with van der Waals surface area (Å²) in [6, 6.07) is 0. The monoisotopic (exact) mass is 224 g/mol. The fourth-order valence-electron chi connectivity index (χ4n) is 0.0870. The first-order valence-electron chi connectivity index (χ1n) is 2.57. The van der Waals surface area contributed by atoms with Crippen LogP contribution in [0.3, 0.4) is 0 Å². The van der Waals surface area contributed by atoms with Gasteiger partial charge in [0.05, 0.1) is 6.61 Å². The molecule has 0 amide bonds. The third kappa shape index (κ3) is 22.4. The Hall–Kier alpha value is 0.280. The maximum Gasteiger partial charge on any atom is 0.466 e. The van der Waals surface area contributed by atoms with Crippen molar-refractivity contribution in [3.05, 3.63) is 0 Å². The molecule has 2 unspecified atom stereocenters. The van der Waals surface area contributed by atoms with Gasteiger partial charge in [0.25, 0.3) is 0 Å².